The van der Waals surface area contributed by atoms with E-state index in [9.17, 15) is 4.79 Å². The second-order valence-electron chi connectivity index (χ2n) is 4.68. The molecule has 0 heterocycles. The first-order valence-electron chi connectivity index (χ1n) is 6.59. The molecule has 0 unspecified atom stereocenters. The van der Waals surface area contributed by atoms with Gasteiger partial charge in [-0.25, -0.2) is 0 Å². The molecule has 0 atom stereocenters. The molecule has 0 fully saturated rings. The molecule has 3 N–H and O–H groups in total. The summed E-state index contributed by atoms with van der Waals surface area (Å²) in [6.45, 7) is 1.92. The Morgan fingerprint density at radius 1 is 1.29 bits per heavy atom. The highest BCUT2D eigenvalue weighted by atomic mass is 35.5. The summed E-state index contributed by atoms with van der Waals surface area (Å²) < 4.78 is 0. The molecule has 0 aliphatic rings. The van der Waals surface area contributed by atoms with Crippen molar-refractivity contribution in [3.8, 4) is 0 Å². The van der Waals surface area contributed by atoms with Crippen LogP contribution < -0.4 is 11.1 Å². The van der Waals surface area contributed by atoms with Gasteiger partial charge in [0.1, 0.15) is 0 Å². The van der Waals surface area contributed by atoms with E-state index in [4.69, 9.17) is 17.3 Å². The van der Waals surface area contributed by atoms with Gasteiger partial charge in [-0.05, 0) is 48.9 Å². The van der Waals surface area contributed by atoms with Gasteiger partial charge in [0.15, 0.2) is 0 Å². The molecule has 2 aromatic rings. The predicted molar refractivity (Wildman–Crippen MR) is 91.0 cm³/mol. The van der Waals surface area contributed by atoms with Crippen LogP contribution in [0.15, 0.2) is 47.4 Å². The Labute approximate surface area is 133 Å². The van der Waals surface area contributed by atoms with E-state index in [1.54, 1.807) is 17.8 Å². The van der Waals surface area contributed by atoms with Crippen molar-refractivity contribution in [3.63, 3.8) is 0 Å². The summed E-state index contributed by atoms with van der Waals surface area (Å²) >= 11 is 7.54. The van der Waals surface area contributed by atoms with Gasteiger partial charge in [0.05, 0.1) is 0 Å². The maximum atomic E-state index is 11.9. The molecule has 2 rings (SSSR count). The number of aryl methyl sites for hydroxylation is 1. The SMILES string of the molecule is Cc1cc(N)ccc1NC(=O)CCSc1cccc(Cl)c1. The van der Waals surface area contributed by atoms with Crippen LogP contribution in [0.5, 0.6) is 0 Å². The average Bonchev–Trinajstić information content (AvgIpc) is 2.42. The number of nitrogen functional groups attached to an aromatic ring is 1. The van der Waals surface area contributed by atoms with Crippen molar-refractivity contribution in [2.45, 2.75) is 18.2 Å². The number of thioether (sulfide) groups is 1. The third-order valence-electron chi connectivity index (χ3n) is 2.92. The average molecular weight is 321 g/mol. The predicted octanol–water partition coefficient (Wildman–Crippen LogP) is 4.35. The molecule has 0 radical (unpaired) electrons. The summed E-state index contributed by atoms with van der Waals surface area (Å²) in [4.78, 5) is 13.0. The van der Waals surface area contributed by atoms with Gasteiger partial charge >= 0.3 is 0 Å². The van der Waals surface area contributed by atoms with Crippen molar-refractivity contribution >= 4 is 40.6 Å². The lowest BCUT2D eigenvalue weighted by Gasteiger charge is -2.09. The number of rotatable bonds is 5. The third-order valence-corrected chi connectivity index (χ3v) is 4.15. The van der Waals surface area contributed by atoms with Gasteiger partial charge in [-0.3, -0.25) is 4.79 Å². The fraction of sp³-hybridized carbons (Fsp3) is 0.188. The molecule has 0 saturated heterocycles. The Bertz CT molecular complexity index is 646. The lowest BCUT2D eigenvalue weighted by molar-refractivity contribution is -0.115. The summed E-state index contributed by atoms with van der Waals surface area (Å²) in [5.74, 6) is 0.706. The Hall–Kier alpha value is -1.65. The van der Waals surface area contributed by atoms with Crippen molar-refractivity contribution in [3.05, 3.63) is 53.1 Å². The van der Waals surface area contributed by atoms with E-state index in [1.807, 2.05) is 43.3 Å². The third kappa shape index (κ3) is 4.99. The van der Waals surface area contributed by atoms with Crippen LogP contribution in [-0.4, -0.2) is 11.7 Å². The Kier molecular flexibility index (Phi) is 5.53. The van der Waals surface area contributed by atoms with E-state index < -0.39 is 0 Å². The Morgan fingerprint density at radius 3 is 2.81 bits per heavy atom. The van der Waals surface area contributed by atoms with E-state index in [0.717, 1.165) is 16.1 Å². The monoisotopic (exact) mass is 320 g/mol. The highest BCUT2D eigenvalue weighted by molar-refractivity contribution is 7.99. The van der Waals surface area contributed by atoms with Crippen LogP contribution in [0.25, 0.3) is 0 Å². The molecule has 21 heavy (non-hydrogen) atoms. The number of nitrogens with one attached hydrogen (secondary N) is 1. The van der Waals surface area contributed by atoms with Gasteiger partial charge in [0.2, 0.25) is 5.91 Å². The van der Waals surface area contributed by atoms with Crippen LogP contribution in [0.1, 0.15) is 12.0 Å². The first-order chi connectivity index (χ1) is 10.0. The fourth-order valence-electron chi connectivity index (χ4n) is 1.86. The maximum absolute atomic E-state index is 11.9. The number of carbonyl (C=O) groups is 1. The zero-order valence-electron chi connectivity index (χ0n) is 11.7. The standard InChI is InChI=1S/C16H17ClN2OS/c1-11-9-13(18)5-6-15(11)19-16(20)7-8-21-14-4-2-3-12(17)10-14/h2-6,9-10H,7-8,18H2,1H3,(H,19,20). The molecule has 0 aromatic heterocycles. The van der Waals surface area contributed by atoms with Gasteiger partial charge in [0, 0.05) is 33.5 Å². The molecule has 0 aliphatic carbocycles. The molecule has 5 heteroatoms. The zero-order chi connectivity index (χ0) is 15.2. The molecule has 0 spiro atoms. The van der Waals surface area contributed by atoms with Crippen LogP contribution in [0, 0.1) is 6.92 Å². The normalized spacial score (nSPS) is 10.4. The van der Waals surface area contributed by atoms with Crippen molar-refractivity contribution in [2.75, 3.05) is 16.8 Å². The number of amides is 1. The van der Waals surface area contributed by atoms with E-state index in [2.05, 4.69) is 5.32 Å². The van der Waals surface area contributed by atoms with E-state index in [1.165, 1.54) is 0 Å². The summed E-state index contributed by atoms with van der Waals surface area (Å²) in [5.41, 5.74) is 8.16. The summed E-state index contributed by atoms with van der Waals surface area (Å²) in [6, 6.07) is 13.1. The van der Waals surface area contributed by atoms with Gasteiger partial charge in [-0.1, -0.05) is 17.7 Å². The van der Waals surface area contributed by atoms with Crippen LogP contribution in [-0.2, 0) is 4.79 Å². The second-order valence-corrected chi connectivity index (χ2v) is 6.28. The molecule has 2 aromatic carbocycles. The van der Waals surface area contributed by atoms with E-state index in [0.29, 0.717) is 22.9 Å². The number of halogens is 1. The van der Waals surface area contributed by atoms with Crippen LogP contribution in [0.2, 0.25) is 5.02 Å². The Morgan fingerprint density at radius 2 is 2.10 bits per heavy atom. The topological polar surface area (TPSA) is 55.1 Å². The molecular formula is C16H17ClN2OS. The molecular weight excluding hydrogens is 304 g/mol. The number of hydrogen-bond donors (Lipinski definition) is 2. The van der Waals surface area contributed by atoms with Gasteiger partial charge < -0.3 is 11.1 Å². The maximum Gasteiger partial charge on any atom is 0.225 e. The van der Waals surface area contributed by atoms with Crippen molar-refractivity contribution in [1.82, 2.24) is 0 Å². The van der Waals surface area contributed by atoms with Crippen molar-refractivity contribution < 1.29 is 4.79 Å². The van der Waals surface area contributed by atoms with Crippen molar-refractivity contribution in [2.24, 2.45) is 0 Å². The molecule has 0 aliphatic heterocycles. The molecule has 1 amide bonds. The van der Waals surface area contributed by atoms with E-state index in [-0.39, 0.29) is 5.91 Å². The highest BCUT2D eigenvalue weighted by Crippen LogP contribution is 2.23. The lowest BCUT2D eigenvalue weighted by Crippen LogP contribution is -2.13. The van der Waals surface area contributed by atoms with Crippen LogP contribution in [0.3, 0.4) is 0 Å². The largest absolute Gasteiger partial charge is 0.399 e. The fourth-order valence-corrected chi connectivity index (χ4v) is 3.02. The minimum Gasteiger partial charge on any atom is -0.399 e. The van der Waals surface area contributed by atoms with Crippen LogP contribution >= 0.6 is 23.4 Å². The lowest BCUT2D eigenvalue weighted by atomic mass is 10.2. The first-order valence-corrected chi connectivity index (χ1v) is 7.95. The number of nitrogens with two attached hydrogens (primary N) is 1. The number of hydrogen-bond acceptors (Lipinski definition) is 3. The molecule has 3 nitrogen and oxygen atoms in total. The number of benzene rings is 2. The smallest absolute Gasteiger partial charge is 0.225 e. The zero-order valence-corrected chi connectivity index (χ0v) is 13.3. The molecule has 0 saturated carbocycles. The van der Waals surface area contributed by atoms with Crippen LogP contribution in [0.4, 0.5) is 11.4 Å². The Balaban J connectivity index is 1.82. The van der Waals surface area contributed by atoms with Crippen molar-refractivity contribution in [1.29, 1.82) is 0 Å². The quantitative estimate of drug-likeness (QED) is 0.636. The highest BCUT2D eigenvalue weighted by Gasteiger charge is 2.05. The van der Waals surface area contributed by atoms with Gasteiger partial charge in [-0.2, -0.15) is 0 Å². The number of carbonyl (C=O) groups excluding carboxylic acids is 1. The minimum atomic E-state index is -0.00241. The molecule has 110 valence electrons. The number of anilines is 2. The first kappa shape index (κ1) is 15.7. The second kappa shape index (κ2) is 7.38. The summed E-state index contributed by atoms with van der Waals surface area (Å²) in [6.07, 6.45) is 0.445. The van der Waals surface area contributed by atoms with Gasteiger partial charge in [0.25, 0.3) is 0 Å². The van der Waals surface area contributed by atoms with Gasteiger partial charge in [-0.15, -0.1) is 11.8 Å². The minimum absolute atomic E-state index is 0.00241. The summed E-state index contributed by atoms with van der Waals surface area (Å²) in [7, 11) is 0. The van der Waals surface area contributed by atoms with E-state index >= 15 is 0 Å². The summed E-state index contributed by atoms with van der Waals surface area (Å²) in [5, 5.41) is 3.61. The molecule has 0 bridgehead atoms.